The summed E-state index contributed by atoms with van der Waals surface area (Å²) >= 11 is 3.72. The smallest absolute Gasteiger partial charge is 0.0703 e. The number of halogens is 1. The van der Waals surface area contributed by atoms with Gasteiger partial charge in [0.15, 0.2) is 0 Å². The summed E-state index contributed by atoms with van der Waals surface area (Å²) in [5.41, 5.74) is 2.66. The maximum Gasteiger partial charge on any atom is 0.0703 e. The molecule has 1 aromatic carbocycles. The Hall–Kier alpha value is -0.420. The Morgan fingerprint density at radius 3 is 2.76 bits per heavy atom. The Bertz CT molecular complexity index is 464. The van der Waals surface area contributed by atoms with E-state index in [1.54, 1.807) is 0 Å². The molecule has 0 radical (unpaired) electrons. The van der Waals surface area contributed by atoms with Crippen LogP contribution in [0.15, 0.2) is 22.7 Å². The molecule has 1 saturated heterocycles. The average Bonchev–Trinajstić information content (AvgIpc) is 2.85. The van der Waals surface area contributed by atoms with E-state index in [1.807, 2.05) is 0 Å². The predicted molar refractivity (Wildman–Crippen MR) is 91.4 cm³/mol. The fourth-order valence-electron chi connectivity index (χ4n) is 2.84. The molecule has 118 valence electrons. The molecule has 0 bridgehead atoms. The van der Waals surface area contributed by atoms with Crippen molar-refractivity contribution in [2.45, 2.75) is 58.5 Å². The molecule has 1 N–H and O–H groups in total. The summed E-state index contributed by atoms with van der Waals surface area (Å²) in [5, 5.41) is 3.45. The fraction of sp³-hybridized carbons (Fsp3) is 0.647. The largest absolute Gasteiger partial charge is 0.377 e. The van der Waals surface area contributed by atoms with Gasteiger partial charge in [0.2, 0.25) is 0 Å². The van der Waals surface area contributed by atoms with Gasteiger partial charge in [-0.05, 0) is 37.6 Å². The Morgan fingerprint density at radius 2 is 2.19 bits per heavy atom. The summed E-state index contributed by atoms with van der Waals surface area (Å²) in [6.45, 7) is 9.27. The minimum Gasteiger partial charge on any atom is -0.377 e. The number of hydrogen-bond acceptors (Lipinski definition) is 3. The number of likely N-dealkylation sites (N-methyl/N-ethyl adjacent to an activating group) is 1. The highest BCUT2D eigenvalue weighted by molar-refractivity contribution is 9.10. The highest BCUT2D eigenvalue weighted by atomic mass is 79.9. The lowest BCUT2D eigenvalue weighted by atomic mass is 10.1. The van der Waals surface area contributed by atoms with Gasteiger partial charge in [-0.15, -0.1) is 0 Å². The summed E-state index contributed by atoms with van der Waals surface area (Å²) < 4.78 is 6.86. The number of hydrogen-bond donors (Lipinski definition) is 1. The lowest BCUT2D eigenvalue weighted by Crippen LogP contribution is -2.36. The third-order valence-corrected chi connectivity index (χ3v) is 4.89. The minimum atomic E-state index is 0.336. The first kappa shape index (κ1) is 16.9. The number of benzene rings is 1. The molecular formula is C17H27BrN2O. The van der Waals surface area contributed by atoms with Crippen LogP contribution in [0.3, 0.4) is 0 Å². The highest BCUT2D eigenvalue weighted by Crippen LogP contribution is 2.24. The second kappa shape index (κ2) is 7.73. The van der Waals surface area contributed by atoms with Crippen LogP contribution in [-0.2, 0) is 17.8 Å². The first-order chi connectivity index (χ1) is 9.97. The van der Waals surface area contributed by atoms with Gasteiger partial charge in [-0.25, -0.2) is 0 Å². The van der Waals surface area contributed by atoms with Crippen LogP contribution in [0.4, 0.5) is 0 Å². The van der Waals surface area contributed by atoms with E-state index in [2.05, 4.69) is 72.2 Å². The van der Waals surface area contributed by atoms with Crippen molar-refractivity contribution in [3.05, 3.63) is 33.8 Å². The summed E-state index contributed by atoms with van der Waals surface area (Å²) in [7, 11) is 2.19. The van der Waals surface area contributed by atoms with Crippen molar-refractivity contribution in [1.82, 2.24) is 10.2 Å². The molecule has 1 aliphatic rings. The Balaban J connectivity index is 1.97. The molecule has 3 nitrogen and oxygen atoms in total. The Kier molecular flexibility index (Phi) is 6.23. The van der Waals surface area contributed by atoms with Crippen LogP contribution >= 0.6 is 15.9 Å². The zero-order chi connectivity index (χ0) is 15.4. The summed E-state index contributed by atoms with van der Waals surface area (Å²) in [6, 6.07) is 7.72. The van der Waals surface area contributed by atoms with Crippen LogP contribution in [0, 0.1) is 0 Å². The molecule has 1 aliphatic heterocycles. The molecule has 0 amide bonds. The van der Waals surface area contributed by atoms with Crippen molar-refractivity contribution >= 4 is 15.9 Å². The lowest BCUT2D eigenvalue weighted by molar-refractivity contribution is 0.0814. The minimum absolute atomic E-state index is 0.336. The number of nitrogens with one attached hydrogen (secondary N) is 1. The SMILES string of the molecule is CC(C)NCc1ccc(CN(C)C2CCOC2C)c(Br)c1. The Morgan fingerprint density at radius 1 is 1.43 bits per heavy atom. The van der Waals surface area contributed by atoms with Crippen LogP contribution in [0.25, 0.3) is 0 Å². The van der Waals surface area contributed by atoms with Crippen molar-refractivity contribution < 1.29 is 4.74 Å². The van der Waals surface area contributed by atoms with Gasteiger partial charge < -0.3 is 10.1 Å². The molecular weight excluding hydrogens is 328 g/mol. The van der Waals surface area contributed by atoms with E-state index in [9.17, 15) is 0 Å². The fourth-order valence-corrected chi connectivity index (χ4v) is 3.39. The number of rotatable bonds is 6. The van der Waals surface area contributed by atoms with Crippen LogP contribution in [0.2, 0.25) is 0 Å². The molecule has 1 heterocycles. The van der Waals surface area contributed by atoms with Crippen LogP contribution < -0.4 is 5.32 Å². The van der Waals surface area contributed by atoms with E-state index in [4.69, 9.17) is 4.74 Å². The van der Waals surface area contributed by atoms with Gasteiger partial charge >= 0.3 is 0 Å². The Labute approximate surface area is 137 Å². The second-order valence-corrected chi connectivity index (χ2v) is 7.16. The zero-order valence-corrected chi connectivity index (χ0v) is 15.1. The van der Waals surface area contributed by atoms with Crippen molar-refractivity contribution in [2.24, 2.45) is 0 Å². The first-order valence-electron chi connectivity index (χ1n) is 7.80. The van der Waals surface area contributed by atoms with E-state index < -0.39 is 0 Å². The molecule has 1 aromatic rings. The number of ether oxygens (including phenoxy) is 1. The molecule has 1 fully saturated rings. The van der Waals surface area contributed by atoms with Crippen molar-refractivity contribution in [3.63, 3.8) is 0 Å². The van der Waals surface area contributed by atoms with Crippen molar-refractivity contribution in [3.8, 4) is 0 Å². The van der Waals surface area contributed by atoms with Gasteiger partial charge in [0.25, 0.3) is 0 Å². The van der Waals surface area contributed by atoms with Gasteiger partial charge in [-0.3, -0.25) is 4.90 Å². The van der Waals surface area contributed by atoms with E-state index >= 15 is 0 Å². The zero-order valence-electron chi connectivity index (χ0n) is 13.5. The van der Waals surface area contributed by atoms with Gasteiger partial charge in [-0.1, -0.05) is 41.9 Å². The third-order valence-electron chi connectivity index (χ3n) is 4.15. The van der Waals surface area contributed by atoms with Crippen LogP contribution in [0.5, 0.6) is 0 Å². The molecule has 2 rings (SSSR count). The van der Waals surface area contributed by atoms with Gasteiger partial charge in [0.05, 0.1) is 6.10 Å². The molecule has 0 spiro atoms. The average molecular weight is 355 g/mol. The topological polar surface area (TPSA) is 24.5 Å². The van der Waals surface area contributed by atoms with Crippen LogP contribution in [0.1, 0.15) is 38.3 Å². The molecule has 4 heteroatoms. The van der Waals surface area contributed by atoms with E-state index in [0.29, 0.717) is 18.2 Å². The summed E-state index contributed by atoms with van der Waals surface area (Å²) in [4.78, 5) is 2.41. The van der Waals surface area contributed by atoms with E-state index in [0.717, 1.165) is 26.1 Å². The first-order valence-corrected chi connectivity index (χ1v) is 8.59. The van der Waals surface area contributed by atoms with E-state index in [-0.39, 0.29) is 0 Å². The molecule has 0 saturated carbocycles. The molecule has 2 unspecified atom stereocenters. The van der Waals surface area contributed by atoms with Gasteiger partial charge in [0, 0.05) is 36.3 Å². The highest BCUT2D eigenvalue weighted by Gasteiger charge is 2.27. The van der Waals surface area contributed by atoms with Gasteiger partial charge in [0.1, 0.15) is 0 Å². The molecule has 2 atom stereocenters. The maximum absolute atomic E-state index is 5.67. The monoisotopic (exact) mass is 354 g/mol. The van der Waals surface area contributed by atoms with Gasteiger partial charge in [-0.2, -0.15) is 0 Å². The lowest BCUT2D eigenvalue weighted by Gasteiger charge is -2.27. The third kappa shape index (κ3) is 4.78. The van der Waals surface area contributed by atoms with E-state index in [1.165, 1.54) is 15.6 Å². The predicted octanol–water partition coefficient (Wildman–Crippen LogP) is 3.56. The summed E-state index contributed by atoms with van der Waals surface area (Å²) in [6.07, 6.45) is 1.47. The molecule has 0 aromatic heterocycles. The standard InChI is InChI=1S/C17H27BrN2O/c1-12(2)19-10-14-5-6-15(16(18)9-14)11-20(4)17-7-8-21-13(17)3/h5-6,9,12-13,17,19H,7-8,10-11H2,1-4H3. The van der Waals surface area contributed by atoms with Crippen molar-refractivity contribution in [1.29, 1.82) is 0 Å². The van der Waals surface area contributed by atoms with Crippen molar-refractivity contribution in [2.75, 3.05) is 13.7 Å². The number of nitrogens with zero attached hydrogens (tertiary/aromatic N) is 1. The molecule has 21 heavy (non-hydrogen) atoms. The second-order valence-electron chi connectivity index (χ2n) is 6.31. The molecule has 0 aliphatic carbocycles. The normalized spacial score (nSPS) is 22.4. The quantitative estimate of drug-likeness (QED) is 0.845. The maximum atomic E-state index is 5.67. The van der Waals surface area contributed by atoms with Crippen LogP contribution in [-0.4, -0.2) is 36.7 Å². The summed E-state index contributed by atoms with van der Waals surface area (Å²) in [5.74, 6) is 0.